The molecule has 2 nitrogen and oxygen atoms in total. The van der Waals surface area contributed by atoms with Gasteiger partial charge in [-0.05, 0) is 24.3 Å². The Morgan fingerprint density at radius 3 is 2.10 bits per heavy atom. The molecule has 1 aromatic carbocycles. The molecule has 8 heteroatoms. The molecule has 0 unspecified atom stereocenters. The molecule has 112 valence electrons. The molecule has 1 aromatic heterocycles. The van der Waals surface area contributed by atoms with Crippen LogP contribution < -0.4 is 5.73 Å². The molecule has 1 heterocycles. The molecule has 0 aliphatic heterocycles. The van der Waals surface area contributed by atoms with Gasteiger partial charge in [-0.3, -0.25) is 4.98 Å². The highest BCUT2D eigenvalue weighted by Gasteiger charge is 2.38. The molecule has 0 saturated heterocycles. The molecule has 0 spiro atoms. The third-order valence-corrected chi connectivity index (χ3v) is 2.75. The van der Waals surface area contributed by atoms with Gasteiger partial charge in [0.2, 0.25) is 0 Å². The number of pyridine rings is 1. The van der Waals surface area contributed by atoms with Gasteiger partial charge in [0.15, 0.2) is 0 Å². The van der Waals surface area contributed by atoms with E-state index in [0.717, 1.165) is 6.07 Å². The van der Waals surface area contributed by atoms with E-state index in [2.05, 4.69) is 4.98 Å². The van der Waals surface area contributed by atoms with Crippen LogP contribution in [0, 0.1) is 0 Å². The number of anilines is 1. The molecule has 2 N–H and O–H groups in total. The summed E-state index contributed by atoms with van der Waals surface area (Å²) in [5.41, 5.74) is 1.97. The van der Waals surface area contributed by atoms with Crippen molar-refractivity contribution in [1.82, 2.24) is 4.98 Å². The summed E-state index contributed by atoms with van der Waals surface area (Å²) in [6.45, 7) is 0. The van der Waals surface area contributed by atoms with Crippen molar-refractivity contribution in [3.63, 3.8) is 0 Å². The molecule has 0 fully saturated rings. The van der Waals surface area contributed by atoms with E-state index in [1.165, 1.54) is 18.3 Å². The van der Waals surface area contributed by atoms with Gasteiger partial charge in [0, 0.05) is 11.8 Å². The highest BCUT2D eigenvalue weighted by molar-refractivity contribution is 5.75. The Balaban J connectivity index is 2.70. The average molecular weight is 306 g/mol. The first kappa shape index (κ1) is 15.1. The average Bonchev–Trinajstić information content (AvgIpc) is 2.36. The van der Waals surface area contributed by atoms with E-state index in [9.17, 15) is 26.3 Å². The van der Waals surface area contributed by atoms with Crippen molar-refractivity contribution < 1.29 is 26.3 Å². The van der Waals surface area contributed by atoms with Gasteiger partial charge in [-0.25, -0.2) is 0 Å². The van der Waals surface area contributed by atoms with E-state index in [4.69, 9.17) is 5.73 Å². The Morgan fingerprint density at radius 2 is 1.57 bits per heavy atom. The quantitative estimate of drug-likeness (QED) is 0.795. The van der Waals surface area contributed by atoms with Crippen molar-refractivity contribution in [2.45, 2.75) is 12.4 Å². The fourth-order valence-electron chi connectivity index (χ4n) is 1.80. The first-order valence-corrected chi connectivity index (χ1v) is 5.60. The summed E-state index contributed by atoms with van der Waals surface area (Å²) in [5.74, 6) is 0. The van der Waals surface area contributed by atoms with Crippen LogP contribution in [0.4, 0.5) is 32.0 Å². The van der Waals surface area contributed by atoms with Gasteiger partial charge in [0.25, 0.3) is 0 Å². The van der Waals surface area contributed by atoms with Gasteiger partial charge in [0.05, 0.1) is 22.5 Å². The maximum absolute atomic E-state index is 13.0. The second-order valence-corrected chi connectivity index (χ2v) is 4.20. The van der Waals surface area contributed by atoms with Crippen LogP contribution >= 0.6 is 0 Å². The van der Waals surface area contributed by atoms with Crippen molar-refractivity contribution in [1.29, 1.82) is 0 Å². The van der Waals surface area contributed by atoms with Gasteiger partial charge in [-0.1, -0.05) is 6.07 Å². The van der Waals surface area contributed by atoms with Gasteiger partial charge in [0.1, 0.15) is 0 Å². The van der Waals surface area contributed by atoms with Crippen LogP contribution in [-0.4, -0.2) is 4.98 Å². The van der Waals surface area contributed by atoms with Crippen molar-refractivity contribution in [3.8, 4) is 11.3 Å². The third kappa shape index (κ3) is 3.09. The Bertz CT molecular complexity index is 660. The third-order valence-electron chi connectivity index (χ3n) is 2.75. The smallest absolute Gasteiger partial charge is 0.397 e. The maximum atomic E-state index is 13.0. The number of hydrogen-bond donors (Lipinski definition) is 1. The SMILES string of the molecule is Nc1cccnc1-c1ccc(C(F)(F)F)cc1C(F)(F)F. The number of hydrogen-bond acceptors (Lipinski definition) is 2. The largest absolute Gasteiger partial charge is 0.417 e. The normalized spacial score (nSPS) is 12.5. The first-order chi connectivity index (χ1) is 9.60. The number of aromatic nitrogens is 1. The molecule has 0 amide bonds. The minimum absolute atomic E-state index is 0.0530. The lowest BCUT2D eigenvalue weighted by molar-refractivity contribution is -0.142. The lowest BCUT2D eigenvalue weighted by Crippen LogP contribution is -2.12. The molecule has 21 heavy (non-hydrogen) atoms. The standard InChI is InChI=1S/C13H8F6N2/c14-12(15,16)7-3-4-8(9(6-7)13(17,18)19)11-10(20)2-1-5-21-11/h1-6H,20H2. The molecule has 0 bridgehead atoms. The van der Waals surface area contributed by atoms with Crippen molar-refractivity contribution >= 4 is 5.69 Å². The van der Waals surface area contributed by atoms with E-state index in [1.807, 2.05) is 0 Å². The Labute approximate surface area is 115 Å². The lowest BCUT2D eigenvalue weighted by Gasteiger charge is -2.16. The maximum Gasteiger partial charge on any atom is 0.417 e. The zero-order chi connectivity index (χ0) is 15.8. The number of benzene rings is 1. The van der Waals surface area contributed by atoms with Crippen LogP contribution in [0.15, 0.2) is 36.5 Å². The number of nitrogen functional groups attached to an aromatic ring is 1. The van der Waals surface area contributed by atoms with E-state index >= 15 is 0 Å². The Hall–Kier alpha value is -2.25. The fourth-order valence-corrected chi connectivity index (χ4v) is 1.80. The monoisotopic (exact) mass is 306 g/mol. The van der Waals surface area contributed by atoms with Crippen molar-refractivity contribution in [3.05, 3.63) is 47.7 Å². The molecular formula is C13H8F6N2. The highest BCUT2D eigenvalue weighted by atomic mass is 19.4. The summed E-state index contributed by atoms with van der Waals surface area (Å²) in [6, 6.07) is 4.09. The van der Waals surface area contributed by atoms with Crippen LogP contribution in [-0.2, 0) is 12.4 Å². The minimum Gasteiger partial charge on any atom is -0.397 e. The molecule has 0 aliphatic carbocycles. The van der Waals surface area contributed by atoms with Crippen molar-refractivity contribution in [2.75, 3.05) is 5.73 Å². The Morgan fingerprint density at radius 1 is 0.905 bits per heavy atom. The molecule has 0 aliphatic rings. The summed E-state index contributed by atoms with van der Waals surface area (Å²) in [7, 11) is 0. The van der Waals surface area contributed by atoms with Gasteiger partial charge in [-0.15, -0.1) is 0 Å². The number of halogens is 6. The summed E-state index contributed by atoms with van der Waals surface area (Å²) >= 11 is 0. The van der Waals surface area contributed by atoms with Crippen LogP contribution in [0.25, 0.3) is 11.3 Å². The predicted molar refractivity (Wildman–Crippen MR) is 64.1 cm³/mol. The zero-order valence-electron chi connectivity index (χ0n) is 10.3. The molecule has 2 rings (SSSR count). The van der Waals surface area contributed by atoms with Crippen LogP contribution in [0.5, 0.6) is 0 Å². The van der Waals surface area contributed by atoms with Crippen LogP contribution in [0.2, 0.25) is 0 Å². The summed E-state index contributed by atoms with van der Waals surface area (Å²) < 4.78 is 76.7. The molecule has 2 aromatic rings. The van der Waals surface area contributed by atoms with Crippen LogP contribution in [0.3, 0.4) is 0 Å². The predicted octanol–water partition coefficient (Wildman–Crippen LogP) is 4.37. The zero-order valence-corrected chi connectivity index (χ0v) is 10.3. The molecule has 0 atom stereocenters. The second-order valence-electron chi connectivity index (χ2n) is 4.20. The minimum atomic E-state index is -4.96. The number of rotatable bonds is 1. The molecular weight excluding hydrogens is 298 g/mol. The topological polar surface area (TPSA) is 38.9 Å². The van der Waals surface area contributed by atoms with E-state index in [1.54, 1.807) is 0 Å². The highest BCUT2D eigenvalue weighted by Crippen LogP contribution is 2.41. The Kier molecular flexibility index (Phi) is 3.56. The lowest BCUT2D eigenvalue weighted by atomic mass is 9.99. The van der Waals surface area contributed by atoms with Gasteiger partial charge >= 0.3 is 12.4 Å². The van der Waals surface area contributed by atoms with E-state index in [0.29, 0.717) is 6.07 Å². The summed E-state index contributed by atoms with van der Waals surface area (Å²) in [6.07, 6.45) is -8.61. The fraction of sp³-hybridized carbons (Fsp3) is 0.154. The second kappa shape index (κ2) is 4.94. The number of nitrogens with zero attached hydrogens (tertiary/aromatic N) is 1. The molecule has 0 saturated carbocycles. The first-order valence-electron chi connectivity index (χ1n) is 5.60. The van der Waals surface area contributed by atoms with E-state index in [-0.39, 0.29) is 17.4 Å². The van der Waals surface area contributed by atoms with E-state index < -0.39 is 29.0 Å². The summed E-state index contributed by atoms with van der Waals surface area (Å²) in [4.78, 5) is 3.71. The van der Waals surface area contributed by atoms with Gasteiger partial charge in [-0.2, -0.15) is 26.3 Å². The number of nitrogens with two attached hydrogens (primary N) is 1. The van der Waals surface area contributed by atoms with Gasteiger partial charge < -0.3 is 5.73 Å². The number of alkyl halides is 6. The van der Waals surface area contributed by atoms with Crippen LogP contribution in [0.1, 0.15) is 11.1 Å². The summed E-state index contributed by atoms with van der Waals surface area (Å²) in [5, 5.41) is 0. The van der Waals surface area contributed by atoms with Crippen molar-refractivity contribution in [2.24, 2.45) is 0 Å². The molecule has 0 radical (unpaired) electrons.